The van der Waals surface area contributed by atoms with E-state index in [2.05, 4.69) is 15.3 Å². The molecule has 0 N–H and O–H groups in total. The van der Waals surface area contributed by atoms with Crippen molar-refractivity contribution in [3.63, 3.8) is 0 Å². The van der Waals surface area contributed by atoms with Crippen molar-refractivity contribution >= 4 is 17.1 Å². The normalized spacial score (nSPS) is 12.3. The summed E-state index contributed by atoms with van der Waals surface area (Å²) in [7, 11) is 1.26. The van der Waals surface area contributed by atoms with Gasteiger partial charge in [0.2, 0.25) is 0 Å². The maximum absolute atomic E-state index is 13.8. The SMILES string of the molecule is CC[C@@H](C(=O)OC)n1cnc2c(nnn2Cc2ccccc2F)c1=O. The van der Waals surface area contributed by atoms with Crippen molar-refractivity contribution in [1.29, 1.82) is 0 Å². The highest BCUT2D eigenvalue weighted by atomic mass is 19.1. The van der Waals surface area contributed by atoms with Gasteiger partial charge in [-0.1, -0.05) is 30.3 Å². The quantitative estimate of drug-likeness (QED) is 0.647. The third kappa shape index (κ3) is 3.00. The third-order valence-corrected chi connectivity index (χ3v) is 3.92. The van der Waals surface area contributed by atoms with E-state index in [0.29, 0.717) is 12.0 Å². The Kier molecular flexibility index (Phi) is 4.55. The van der Waals surface area contributed by atoms with Crippen LogP contribution in [0.5, 0.6) is 0 Å². The van der Waals surface area contributed by atoms with E-state index in [-0.39, 0.29) is 23.5 Å². The fraction of sp³-hybridized carbons (Fsp3) is 0.312. The molecule has 0 spiro atoms. The largest absolute Gasteiger partial charge is 0.467 e. The highest BCUT2D eigenvalue weighted by Crippen LogP contribution is 2.14. The van der Waals surface area contributed by atoms with Crippen molar-refractivity contribution in [2.45, 2.75) is 25.9 Å². The van der Waals surface area contributed by atoms with Crippen molar-refractivity contribution in [2.24, 2.45) is 0 Å². The Hall–Kier alpha value is -3.10. The average Bonchev–Trinajstić information content (AvgIpc) is 3.03. The predicted octanol–water partition coefficient (Wildman–Crippen LogP) is 1.30. The van der Waals surface area contributed by atoms with E-state index in [1.807, 2.05) is 0 Å². The van der Waals surface area contributed by atoms with Crippen LogP contribution >= 0.6 is 0 Å². The molecule has 2 heterocycles. The van der Waals surface area contributed by atoms with Crippen LogP contribution in [-0.2, 0) is 16.1 Å². The number of hydrogen-bond donors (Lipinski definition) is 0. The summed E-state index contributed by atoms with van der Waals surface area (Å²) >= 11 is 0. The lowest BCUT2D eigenvalue weighted by Crippen LogP contribution is -2.30. The molecule has 0 bridgehead atoms. The number of nitrogens with zero attached hydrogens (tertiary/aromatic N) is 5. The van der Waals surface area contributed by atoms with Crippen LogP contribution in [0.2, 0.25) is 0 Å². The van der Waals surface area contributed by atoms with Crippen molar-refractivity contribution in [2.75, 3.05) is 7.11 Å². The van der Waals surface area contributed by atoms with Crippen molar-refractivity contribution in [3.05, 3.63) is 52.3 Å². The van der Waals surface area contributed by atoms with Gasteiger partial charge in [-0.15, -0.1) is 5.10 Å². The number of esters is 1. The lowest BCUT2D eigenvalue weighted by Gasteiger charge is -2.14. The molecule has 1 atom stereocenters. The molecular formula is C16H16FN5O3. The molecule has 0 saturated carbocycles. The fourth-order valence-corrected chi connectivity index (χ4v) is 2.60. The van der Waals surface area contributed by atoms with E-state index in [9.17, 15) is 14.0 Å². The molecule has 130 valence electrons. The van der Waals surface area contributed by atoms with Gasteiger partial charge in [-0.3, -0.25) is 9.36 Å². The second-order valence-electron chi connectivity index (χ2n) is 5.41. The van der Waals surface area contributed by atoms with Crippen LogP contribution in [0, 0.1) is 5.82 Å². The molecule has 0 fully saturated rings. The van der Waals surface area contributed by atoms with Gasteiger partial charge in [0.25, 0.3) is 5.56 Å². The summed E-state index contributed by atoms with van der Waals surface area (Å²) in [5.74, 6) is -0.916. The summed E-state index contributed by atoms with van der Waals surface area (Å²) in [5.41, 5.74) is 0.147. The minimum atomic E-state index is -0.786. The molecule has 9 heteroatoms. The Bertz CT molecular complexity index is 981. The van der Waals surface area contributed by atoms with E-state index in [0.717, 1.165) is 0 Å². The smallest absolute Gasteiger partial charge is 0.329 e. The maximum Gasteiger partial charge on any atom is 0.329 e. The van der Waals surface area contributed by atoms with Crippen LogP contribution in [-0.4, -0.2) is 37.6 Å². The Morgan fingerprint density at radius 1 is 1.36 bits per heavy atom. The van der Waals surface area contributed by atoms with E-state index in [1.165, 1.54) is 28.8 Å². The Labute approximate surface area is 141 Å². The summed E-state index contributed by atoms with van der Waals surface area (Å²) in [6, 6.07) is 5.48. The summed E-state index contributed by atoms with van der Waals surface area (Å²) in [5, 5.41) is 7.74. The van der Waals surface area contributed by atoms with Gasteiger partial charge in [0.1, 0.15) is 18.2 Å². The highest BCUT2D eigenvalue weighted by molar-refractivity contribution is 5.75. The average molecular weight is 345 g/mol. The van der Waals surface area contributed by atoms with Crippen LogP contribution in [0.25, 0.3) is 11.2 Å². The Morgan fingerprint density at radius 3 is 2.80 bits per heavy atom. The van der Waals surface area contributed by atoms with E-state index in [1.54, 1.807) is 25.1 Å². The van der Waals surface area contributed by atoms with Crippen LogP contribution in [0.3, 0.4) is 0 Å². The van der Waals surface area contributed by atoms with Gasteiger partial charge in [-0.25, -0.2) is 18.9 Å². The number of ether oxygens (including phenoxy) is 1. The molecule has 8 nitrogen and oxygen atoms in total. The zero-order chi connectivity index (χ0) is 18.0. The summed E-state index contributed by atoms with van der Waals surface area (Å²) in [4.78, 5) is 28.6. The number of aromatic nitrogens is 5. The Balaban J connectivity index is 2.04. The second kappa shape index (κ2) is 6.80. The van der Waals surface area contributed by atoms with Gasteiger partial charge >= 0.3 is 5.97 Å². The minimum absolute atomic E-state index is 0.0150. The first-order chi connectivity index (χ1) is 12.1. The molecule has 0 radical (unpaired) electrons. The first kappa shape index (κ1) is 16.7. The lowest BCUT2D eigenvalue weighted by molar-refractivity contribution is -0.144. The standard InChI is InChI=1S/C16H16FN5O3/c1-3-12(16(24)25-2)21-9-18-14-13(15(21)23)19-20-22(14)8-10-6-4-5-7-11(10)17/h4-7,9,12H,3,8H2,1-2H3/t12-/m0/s1. The van der Waals surface area contributed by atoms with Gasteiger partial charge in [0.05, 0.1) is 13.7 Å². The molecule has 0 aliphatic heterocycles. The van der Waals surface area contributed by atoms with E-state index in [4.69, 9.17) is 4.74 Å². The highest BCUT2D eigenvalue weighted by Gasteiger charge is 2.23. The number of hydrogen-bond acceptors (Lipinski definition) is 6. The van der Waals surface area contributed by atoms with Crippen molar-refractivity contribution < 1.29 is 13.9 Å². The number of halogens is 1. The molecule has 0 aliphatic carbocycles. The molecule has 0 saturated heterocycles. The van der Waals surface area contributed by atoms with Crippen molar-refractivity contribution in [1.82, 2.24) is 24.5 Å². The molecule has 0 unspecified atom stereocenters. The van der Waals surface area contributed by atoms with Crippen LogP contribution < -0.4 is 5.56 Å². The molecule has 3 aromatic rings. The van der Waals surface area contributed by atoms with Crippen LogP contribution in [0.15, 0.2) is 35.4 Å². The third-order valence-electron chi connectivity index (χ3n) is 3.92. The van der Waals surface area contributed by atoms with Crippen LogP contribution in [0.1, 0.15) is 24.9 Å². The monoisotopic (exact) mass is 345 g/mol. The van der Waals surface area contributed by atoms with E-state index < -0.39 is 17.6 Å². The molecule has 25 heavy (non-hydrogen) atoms. The maximum atomic E-state index is 13.8. The zero-order valence-corrected chi connectivity index (χ0v) is 13.7. The summed E-state index contributed by atoms with van der Waals surface area (Å²) in [6.45, 7) is 1.85. The Morgan fingerprint density at radius 2 is 2.12 bits per heavy atom. The molecule has 1 aromatic carbocycles. The minimum Gasteiger partial charge on any atom is -0.467 e. The molecule has 0 amide bonds. The molecule has 2 aromatic heterocycles. The van der Waals surface area contributed by atoms with Gasteiger partial charge in [-0.05, 0) is 12.5 Å². The number of rotatable bonds is 5. The first-order valence-corrected chi connectivity index (χ1v) is 7.68. The molecule has 3 rings (SSSR count). The topological polar surface area (TPSA) is 91.9 Å². The summed E-state index contributed by atoms with van der Waals surface area (Å²) in [6.07, 6.45) is 1.63. The number of fused-ring (bicyclic) bond motifs is 1. The number of carbonyl (C=O) groups excluding carboxylic acids is 1. The number of benzene rings is 1. The van der Waals surface area contributed by atoms with Crippen LogP contribution in [0.4, 0.5) is 4.39 Å². The van der Waals surface area contributed by atoms with E-state index >= 15 is 0 Å². The lowest BCUT2D eigenvalue weighted by atomic mass is 10.2. The molecule has 0 aliphatic rings. The van der Waals surface area contributed by atoms with Crippen molar-refractivity contribution in [3.8, 4) is 0 Å². The fourth-order valence-electron chi connectivity index (χ4n) is 2.60. The number of methoxy groups -OCH3 is 1. The van der Waals surface area contributed by atoms with Gasteiger partial charge in [-0.2, -0.15) is 0 Å². The molecular weight excluding hydrogens is 329 g/mol. The van der Waals surface area contributed by atoms with Gasteiger partial charge < -0.3 is 4.74 Å². The van der Waals surface area contributed by atoms with Gasteiger partial charge in [0, 0.05) is 5.56 Å². The first-order valence-electron chi connectivity index (χ1n) is 7.68. The second-order valence-corrected chi connectivity index (χ2v) is 5.41. The predicted molar refractivity (Wildman–Crippen MR) is 86.4 cm³/mol. The van der Waals surface area contributed by atoms with Gasteiger partial charge in [0.15, 0.2) is 11.2 Å². The zero-order valence-electron chi connectivity index (χ0n) is 13.7. The number of carbonyl (C=O) groups is 1. The summed E-state index contributed by atoms with van der Waals surface area (Å²) < 4.78 is 21.0.